The Morgan fingerprint density at radius 2 is 2.13 bits per heavy atom. The number of aromatic nitrogens is 3. The van der Waals surface area contributed by atoms with Crippen LogP contribution in [0.15, 0.2) is 6.20 Å². The number of aryl methyl sites for hydroxylation is 1. The quantitative estimate of drug-likeness (QED) is 0.708. The predicted molar refractivity (Wildman–Crippen MR) is 56.1 cm³/mol. The van der Waals surface area contributed by atoms with Crippen LogP contribution < -0.4 is 5.32 Å². The van der Waals surface area contributed by atoms with Gasteiger partial charge in [-0.2, -0.15) is 0 Å². The van der Waals surface area contributed by atoms with E-state index in [1.54, 1.807) is 4.68 Å². The molecule has 0 aromatic carbocycles. The molecule has 82 valence electrons. The average Bonchev–Trinajstić information content (AvgIpc) is 2.81. The monoisotopic (exact) mass is 207 g/mol. The molecule has 15 heavy (non-hydrogen) atoms. The highest BCUT2D eigenvalue weighted by Gasteiger charge is 2.35. The van der Waals surface area contributed by atoms with Crippen molar-refractivity contribution in [1.82, 2.24) is 25.2 Å². The second-order valence-corrected chi connectivity index (χ2v) is 4.76. The van der Waals surface area contributed by atoms with Crippen LogP contribution in [0.3, 0.4) is 0 Å². The van der Waals surface area contributed by atoms with Crippen molar-refractivity contribution < 1.29 is 0 Å². The summed E-state index contributed by atoms with van der Waals surface area (Å²) in [5.41, 5.74) is 1.09. The number of rotatable bonds is 2. The minimum Gasteiger partial charge on any atom is -0.316 e. The van der Waals surface area contributed by atoms with Gasteiger partial charge in [-0.1, -0.05) is 5.21 Å². The first-order valence-corrected chi connectivity index (χ1v) is 5.59. The third kappa shape index (κ3) is 1.77. The molecule has 0 radical (unpaired) electrons. The van der Waals surface area contributed by atoms with Gasteiger partial charge in [0.15, 0.2) is 0 Å². The van der Waals surface area contributed by atoms with E-state index in [4.69, 9.17) is 0 Å². The zero-order chi connectivity index (χ0) is 10.3. The number of fused-ring (bicyclic) bond motifs is 1. The Bertz CT molecular complexity index is 335. The highest BCUT2D eigenvalue weighted by Crippen LogP contribution is 2.26. The maximum atomic E-state index is 4.13. The van der Waals surface area contributed by atoms with Crippen molar-refractivity contribution >= 4 is 0 Å². The van der Waals surface area contributed by atoms with Gasteiger partial charge in [-0.05, 0) is 24.9 Å². The predicted octanol–water partition coefficient (Wildman–Crippen LogP) is -0.534. The van der Waals surface area contributed by atoms with Crippen LogP contribution in [0.25, 0.3) is 0 Å². The van der Waals surface area contributed by atoms with Crippen LogP contribution in [0.2, 0.25) is 0 Å². The molecule has 3 heterocycles. The molecule has 2 atom stereocenters. The van der Waals surface area contributed by atoms with Crippen LogP contribution >= 0.6 is 0 Å². The molecule has 0 aliphatic carbocycles. The summed E-state index contributed by atoms with van der Waals surface area (Å²) in [5.74, 6) is 1.73. The lowest BCUT2D eigenvalue weighted by atomic mass is 10.0. The van der Waals surface area contributed by atoms with Crippen molar-refractivity contribution in [2.24, 2.45) is 18.9 Å². The SMILES string of the molecule is Cn1cc(CN2C[C@H]3CNC[C@H]3C2)nn1. The fourth-order valence-electron chi connectivity index (χ4n) is 2.78. The molecule has 2 saturated heterocycles. The Kier molecular flexibility index (Phi) is 2.21. The number of nitrogens with one attached hydrogen (secondary N) is 1. The number of nitrogens with zero attached hydrogens (tertiary/aromatic N) is 4. The summed E-state index contributed by atoms with van der Waals surface area (Å²) in [6.45, 7) is 5.78. The first-order chi connectivity index (χ1) is 7.31. The molecule has 2 aliphatic rings. The molecule has 2 aliphatic heterocycles. The van der Waals surface area contributed by atoms with Gasteiger partial charge in [0.05, 0.1) is 5.69 Å². The minimum atomic E-state index is 0.863. The maximum absolute atomic E-state index is 4.13. The lowest BCUT2D eigenvalue weighted by Crippen LogP contribution is -2.25. The van der Waals surface area contributed by atoms with E-state index in [9.17, 15) is 0 Å². The summed E-state index contributed by atoms with van der Waals surface area (Å²) >= 11 is 0. The van der Waals surface area contributed by atoms with E-state index in [2.05, 4.69) is 20.5 Å². The maximum Gasteiger partial charge on any atom is 0.0967 e. The van der Waals surface area contributed by atoms with E-state index < -0.39 is 0 Å². The summed E-state index contributed by atoms with van der Waals surface area (Å²) in [6, 6.07) is 0. The Balaban J connectivity index is 1.61. The van der Waals surface area contributed by atoms with E-state index in [1.165, 1.54) is 26.2 Å². The Morgan fingerprint density at radius 3 is 2.73 bits per heavy atom. The summed E-state index contributed by atoms with van der Waals surface area (Å²) < 4.78 is 1.77. The summed E-state index contributed by atoms with van der Waals surface area (Å²) in [6.07, 6.45) is 2.01. The van der Waals surface area contributed by atoms with Gasteiger partial charge in [-0.3, -0.25) is 9.58 Å². The first-order valence-electron chi connectivity index (χ1n) is 5.59. The molecule has 5 heteroatoms. The Labute approximate surface area is 89.4 Å². The highest BCUT2D eigenvalue weighted by molar-refractivity contribution is 4.97. The third-order valence-electron chi connectivity index (χ3n) is 3.50. The van der Waals surface area contributed by atoms with Crippen LogP contribution in [0.5, 0.6) is 0 Å². The van der Waals surface area contributed by atoms with Crippen LogP contribution in [0.4, 0.5) is 0 Å². The Morgan fingerprint density at radius 1 is 1.40 bits per heavy atom. The molecule has 0 unspecified atom stereocenters. The van der Waals surface area contributed by atoms with Crippen LogP contribution in [-0.2, 0) is 13.6 Å². The number of likely N-dealkylation sites (tertiary alicyclic amines) is 1. The molecular weight excluding hydrogens is 190 g/mol. The second kappa shape index (κ2) is 3.57. The lowest BCUT2D eigenvalue weighted by Gasteiger charge is -2.14. The molecule has 0 saturated carbocycles. The van der Waals surface area contributed by atoms with Crippen LogP contribution in [0, 0.1) is 11.8 Å². The summed E-state index contributed by atoms with van der Waals surface area (Å²) in [5, 5.41) is 11.5. The molecule has 1 N–H and O–H groups in total. The molecule has 0 amide bonds. The van der Waals surface area contributed by atoms with Gasteiger partial charge in [0.25, 0.3) is 0 Å². The molecule has 3 rings (SSSR count). The summed E-state index contributed by atoms with van der Waals surface area (Å²) in [7, 11) is 1.92. The smallest absolute Gasteiger partial charge is 0.0967 e. The van der Waals surface area contributed by atoms with Crippen LogP contribution in [-0.4, -0.2) is 46.1 Å². The lowest BCUT2D eigenvalue weighted by molar-refractivity contribution is 0.302. The third-order valence-corrected chi connectivity index (χ3v) is 3.50. The molecule has 0 bridgehead atoms. The fourth-order valence-corrected chi connectivity index (χ4v) is 2.78. The minimum absolute atomic E-state index is 0.863. The molecule has 0 spiro atoms. The molecule has 1 aromatic heterocycles. The van der Waals surface area contributed by atoms with E-state index in [-0.39, 0.29) is 0 Å². The molecule has 1 aromatic rings. The van der Waals surface area contributed by atoms with Crippen molar-refractivity contribution in [3.8, 4) is 0 Å². The van der Waals surface area contributed by atoms with Crippen molar-refractivity contribution in [3.05, 3.63) is 11.9 Å². The van der Waals surface area contributed by atoms with Gasteiger partial charge in [0.2, 0.25) is 0 Å². The van der Waals surface area contributed by atoms with Crippen LogP contribution in [0.1, 0.15) is 5.69 Å². The van der Waals surface area contributed by atoms with Gasteiger partial charge in [0.1, 0.15) is 0 Å². The molecule has 2 fully saturated rings. The first kappa shape index (κ1) is 9.30. The normalized spacial score (nSPS) is 31.0. The van der Waals surface area contributed by atoms with E-state index >= 15 is 0 Å². The summed E-state index contributed by atoms with van der Waals surface area (Å²) in [4.78, 5) is 2.50. The van der Waals surface area contributed by atoms with E-state index in [1.807, 2.05) is 13.2 Å². The number of hydrogen-bond acceptors (Lipinski definition) is 4. The Hall–Kier alpha value is -0.940. The second-order valence-electron chi connectivity index (χ2n) is 4.76. The van der Waals surface area contributed by atoms with Crippen molar-refractivity contribution in [1.29, 1.82) is 0 Å². The fraction of sp³-hybridized carbons (Fsp3) is 0.800. The molecule has 5 nitrogen and oxygen atoms in total. The zero-order valence-corrected chi connectivity index (χ0v) is 9.06. The van der Waals surface area contributed by atoms with Gasteiger partial charge < -0.3 is 5.32 Å². The topological polar surface area (TPSA) is 46.0 Å². The van der Waals surface area contributed by atoms with Gasteiger partial charge in [-0.25, -0.2) is 0 Å². The van der Waals surface area contributed by atoms with E-state index in [0.717, 1.165) is 24.1 Å². The van der Waals surface area contributed by atoms with Gasteiger partial charge in [0, 0.05) is 32.9 Å². The van der Waals surface area contributed by atoms with Crippen molar-refractivity contribution in [3.63, 3.8) is 0 Å². The average molecular weight is 207 g/mol. The molecular formula is C10H17N5. The van der Waals surface area contributed by atoms with Crippen molar-refractivity contribution in [2.45, 2.75) is 6.54 Å². The zero-order valence-electron chi connectivity index (χ0n) is 9.06. The van der Waals surface area contributed by atoms with Gasteiger partial charge >= 0.3 is 0 Å². The van der Waals surface area contributed by atoms with Gasteiger partial charge in [-0.15, -0.1) is 5.10 Å². The van der Waals surface area contributed by atoms with Crippen molar-refractivity contribution in [2.75, 3.05) is 26.2 Å². The number of hydrogen-bond donors (Lipinski definition) is 1. The largest absolute Gasteiger partial charge is 0.316 e. The standard InChI is InChI=1S/C10H17N5/c1-14-6-10(12-13-14)7-15-4-8-2-11-3-9(8)5-15/h6,8-9,11H,2-5,7H2,1H3/t8-,9+. The van der Waals surface area contributed by atoms with E-state index in [0.29, 0.717) is 0 Å². The highest BCUT2D eigenvalue weighted by atomic mass is 15.4.